The molecule has 0 saturated carbocycles. The van der Waals surface area contributed by atoms with Crippen LogP contribution in [-0.2, 0) is 34.6 Å². The highest BCUT2D eigenvalue weighted by molar-refractivity contribution is 7.74. The molecule has 20 heavy (non-hydrogen) atoms. The second-order valence-electron chi connectivity index (χ2n) is 4.43. The van der Waals surface area contributed by atoms with Gasteiger partial charge >= 0.3 is 5.97 Å². The lowest BCUT2D eigenvalue weighted by Crippen LogP contribution is -2.44. The first-order valence-corrected chi connectivity index (χ1v) is 7.03. The van der Waals surface area contributed by atoms with Crippen LogP contribution in [0.1, 0.15) is 12.8 Å². The maximum atomic E-state index is 11.6. The smallest absolute Gasteiger partial charge is 0.325 e. The van der Waals surface area contributed by atoms with Crippen molar-refractivity contribution in [3.8, 4) is 0 Å². The SMILES string of the molecule is C=CC(=O)NCC(=O)OC1C2CCC(O2)C1OS(=O)[O-]. The lowest BCUT2D eigenvalue weighted by Gasteiger charge is -2.27. The molecule has 2 aliphatic rings. The number of rotatable bonds is 6. The molecule has 2 heterocycles. The van der Waals surface area contributed by atoms with Crippen molar-refractivity contribution in [2.24, 2.45) is 0 Å². The number of carbonyl (C=O) groups is 2. The normalized spacial score (nSPS) is 32.6. The number of hydrogen-bond acceptors (Lipinski definition) is 7. The van der Waals surface area contributed by atoms with Crippen molar-refractivity contribution in [2.45, 2.75) is 37.3 Å². The largest absolute Gasteiger partial charge is 0.750 e. The lowest BCUT2D eigenvalue weighted by molar-refractivity contribution is -0.154. The van der Waals surface area contributed by atoms with Gasteiger partial charge in [0.15, 0.2) is 6.10 Å². The Morgan fingerprint density at radius 1 is 1.40 bits per heavy atom. The van der Waals surface area contributed by atoms with Crippen LogP contribution in [0.3, 0.4) is 0 Å². The lowest BCUT2D eigenvalue weighted by atomic mass is 9.95. The third-order valence-corrected chi connectivity index (χ3v) is 3.57. The van der Waals surface area contributed by atoms with Gasteiger partial charge in [-0.2, -0.15) is 0 Å². The van der Waals surface area contributed by atoms with Crippen molar-refractivity contribution in [3.05, 3.63) is 12.7 Å². The van der Waals surface area contributed by atoms with Crippen LogP contribution in [-0.4, -0.2) is 51.6 Å². The number of nitrogens with one attached hydrogen (secondary N) is 1. The van der Waals surface area contributed by atoms with Crippen molar-refractivity contribution < 1.29 is 32.0 Å². The zero-order valence-corrected chi connectivity index (χ0v) is 11.3. The highest BCUT2D eigenvalue weighted by atomic mass is 32.2. The molecule has 2 saturated heterocycles. The quantitative estimate of drug-likeness (QED) is 0.378. The highest BCUT2D eigenvalue weighted by Crippen LogP contribution is 2.38. The summed E-state index contributed by atoms with van der Waals surface area (Å²) < 4.78 is 36.6. The summed E-state index contributed by atoms with van der Waals surface area (Å²) in [5.41, 5.74) is 0. The molecule has 1 amide bonds. The number of ether oxygens (including phenoxy) is 2. The number of esters is 1. The molecule has 0 aromatic rings. The molecule has 0 aromatic carbocycles. The van der Waals surface area contributed by atoms with Crippen LogP contribution in [0.25, 0.3) is 0 Å². The zero-order chi connectivity index (χ0) is 14.7. The van der Waals surface area contributed by atoms with Crippen LogP contribution >= 0.6 is 0 Å². The molecule has 2 aliphatic heterocycles. The van der Waals surface area contributed by atoms with Crippen molar-refractivity contribution in [1.82, 2.24) is 5.32 Å². The van der Waals surface area contributed by atoms with E-state index in [0.717, 1.165) is 6.08 Å². The summed E-state index contributed by atoms with van der Waals surface area (Å²) in [6, 6.07) is 0. The van der Waals surface area contributed by atoms with Gasteiger partial charge in [0.05, 0.1) is 23.6 Å². The molecule has 112 valence electrons. The maximum absolute atomic E-state index is 11.6. The zero-order valence-electron chi connectivity index (χ0n) is 10.5. The van der Waals surface area contributed by atoms with E-state index in [0.29, 0.717) is 12.8 Å². The van der Waals surface area contributed by atoms with Crippen molar-refractivity contribution >= 4 is 23.2 Å². The Labute approximate surface area is 117 Å². The van der Waals surface area contributed by atoms with Crippen LogP contribution < -0.4 is 5.32 Å². The van der Waals surface area contributed by atoms with Gasteiger partial charge in [0, 0.05) is 0 Å². The van der Waals surface area contributed by atoms with E-state index >= 15 is 0 Å². The van der Waals surface area contributed by atoms with E-state index in [2.05, 4.69) is 11.9 Å². The molecule has 1 N–H and O–H groups in total. The molecule has 0 aromatic heterocycles. The minimum absolute atomic E-state index is 0.327. The minimum atomic E-state index is -2.71. The van der Waals surface area contributed by atoms with E-state index in [1.54, 1.807) is 0 Å². The van der Waals surface area contributed by atoms with E-state index in [4.69, 9.17) is 13.7 Å². The fourth-order valence-electron chi connectivity index (χ4n) is 2.37. The van der Waals surface area contributed by atoms with Crippen LogP contribution in [0.2, 0.25) is 0 Å². The van der Waals surface area contributed by atoms with Gasteiger partial charge in [0.25, 0.3) is 0 Å². The van der Waals surface area contributed by atoms with Gasteiger partial charge in [-0.3, -0.25) is 13.8 Å². The Balaban J connectivity index is 1.89. The summed E-state index contributed by atoms with van der Waals surface area (Å²) in [5.74, 6) is -1.19. The Kier molecular flexibility index (Phi) is 4.86. The molecular formula is C11H14NO7S-. The predicted molar refractivity (Wildman–Crippen MR) is 64.8 cm³/mol. The molecule has 2 bridgehead atoms. The summed E-state index contributed by atoms with van der Waals surface area (Å²) in [6.07, 6.45) is -0.00161. The molecular weight excluding hydrogens is 290 g/mol. The molecule has 2 rings (SSSR count). The molecule has 0 spiro atoms. The fourth-order valence-corrected chi connectivity index (χ4v) is 2.79. The molecule has 9 heteroatoms. The van der Waals surface area contributed by atoms with Gasteiger partial charge in [0.2, 0.25) is 5.91 Å². The Bertz CT molecular complexity index is 440. The first-order valence-electron chi connectivity index (χ1n) is 6.03. The Morgan fingerprint density at radius 3 is 2.65 bits per heavy atom. The van der Waals surface area contributed by atoms with Crippen molar-refractivity contribution in [2.75, 3.05) is 6.54 Å². The third-order valence-electron chi connectivity index (χ3n) is 3.19. The number of hydrogen-bond donors (Lipinski definition) is 1. The van der Waals surface area contributed by atoms with Gasteiger partial charge in [-0.1, -0.05) is 6.58 Å². The summed E-state index contributed by atoms with van der Waals surface area (Å²) in [6.45, 7) is 2.92. The van der Waals surface area contributed by atoms with Crippen LogP contribution in [0.4, 0.5) is 0 Å². The summed E-state index contributed by atoms with van der Waals surface area (Å²) in [5, 5.41) is 2.27. The van der Waals surface area contributed by atoms with E-state index in [-0.39, 0.29) is 12.6 Å². The van der Waals surface area contributed by atoms with Gasteiger partial charge < -0.3 is 19.3 Å². The van der Waals surface area contributed by atoms with Gasteiger partial charge in [-0.15, -0.1) is 0 Å². The van der Waals surface area contributed by atoms with Crippen LogP contribution in [0.5, 0.6) is 0 Å². The minimum Gasteiger partial charge on any atom is -0.750 e. The monoisotopic (exact) mass is 304 g/mol. The fraction of sp³-hybridized carbons (Fsp3) is 0.636. The number of fused-ring (bicyclic) bond motifs is 2. The maximum Gasteiger partial charge on any atom is 0.325 e. The molecule has 8 nitrogen and oxygen atoms in total. The standard InChI is InChI=1S/C11H15NO7S/c1-2-8(13)12-5-9(14)18-10-6-3-4-7(17-6)11(10)19-20(15)16/h2,6-7,10-11H,1,3-5H2,(H,12,13)(H,15,16)/p-1. The Morgan fingerprint density at radius 2 is 2.05 bits per heavy atom. The molecule has 5 atom stereocenters. The first-order chi connectivity index (χ1) is 9.51. The average Bonchev–Trinajstić information content (AvgIpc) is 2.98. The van der Waals surface area contributed by atoms with Crippen molar-refractivity contribution in [1.29, 1.82) is 0 Å². The van der Waals surface area contributed by atoms with Gasteiger partial charge in [-0.05, 0) is 18.9 Å². The molecule has 0 radical (unpaired) electrons. The molecule has 0 aliphatic carbocycles. The number of amides is 1. The van der Waals surface area contributed by atoms with E-state index in [9.17, 15) is 18.4 Å². The molecule has 2 fully saturated rings. The second kappa shape index (κ2) is 6.44. The average molecular weight is 304 g/mol. The van der Waals surface area contributed by atoms with E-state index in [1.165, 1.54) is 0 Å². The summed E-state index contributed by atoms with van der Waals surface area (Å²) in [4.78, 5) is 22.5. The second-order valence-corrected chi connectivity index (χ2v) is 5.03. The molecule has 5 unspecified atom stereocenters. The van der Waals surface area contributed by atoms with E-state index < -0.39 is 41.5 Å². The third kappa shape index (κ3) is 3.42. The summed E-state index contributed by atoms with van der Waals surface area (Å²) >= 11 is -2.71. The van der Waals surface area contributed by atoms with Gasteiger partial charge in [0.1, 0.15) is 12.6 Å². The van der Waals surface area contributed by atoms with Gasteiger partial charge in [-0.25, -0.2) is 4.21 Å². The Hall–Kier alpha value is -1.29. The highest BCUT2D eigenvalue weighted by Gasteiger charge is 2.52. The van der Waals surface area contributed by atoms with Crippen LogP contribution in [0, 0.1) is 0 Å². The van der Waals surface area contributed by atoms with E-state index in [1.807, 2.05) is 0 Å². The predicted octanol–water partition coefficient (Wildman–Crippen LogP) is -1.06. The number of carbonyl (C=O) groups excluding carboxylic acids is 2. The first kappa shape index (κ1) is 15.1. The van der Waals surface area contributed by atoms with Crippen LogP contribution in [0.15, 0.2) is 12.7 Å². The topological polar surface area (TPSA) is 114 Å². The van der Waals surface area contributed by atoms with Crippen molar-refractivity contribution in [3.63, 3.8) is 0 Å². The summed E-state index contributed by atoms with van der Waals surface area (Å²) in [7, 11) is 0.